The summed E-state index contributed by atoms with van der Waals surface area (Å²) in [6, 6.07) is 6.50. The highest BCUT2D eigenvalue weighted by molar-refractivity contribution is 7.99. The van der Waals surface area contributed by atoms with Crippen molar-refractivity contribution in [1.82, 2.24) is 15.3 Å². The Hall–Kier alpha value is -0.710. The first kappa shape index (κ1) is 13.3. The number of H-pyrrole nitrogens is 1. The molecule has 2 N–H and O–H groups in total. The molecule has 1 fully saturated rings. The van der Waals surface area contributed by atoms with Crippen LogP contribution in [-0.4, -0.2) is 34.1 Å². The lowest BCUT2D eigenvalue weighted by molar-refractivity contribution is 0.542. The minimum atomic E-state index is 0.722. The van der Waals surface area contributed by atoms with E-state index < -0.39 is 0 Å². The summed E-state index contributed by atoms with van der Waals surface area (Å²) in [6.45, 7) is 1.07. The summed E-state index contributed by atoms with van der Waals surface area (Å²) in [4.78, 5) is 7.91. The van der Waals surface area contributed by atoms with E-state index in [0.717, 1.165) is 47.3 Å². The van der Waals surface area contributed by atoms with Crippen LogP contribution < -0.4 is 5.32 Å². The molecule has 2 aromatic rings. The van der Waals surface area contributed by atoms with Crippen LogP contribution in [0.4, 0.5) is 0 Å². The number of nitrogens with one attached hydrogen (secondary N) is 2. The van der Waals surface area contributed by atoms with Gasteiger partial charge >= 0.3 is 0 Å². The molecule has 1 aromatic carbocycles. The number of benzene rings is 1. The number of imidazole rings is 1. The van der Waals surface area contributed by atoms with Crippen LogP contribution in [0.5, 0.6) is 0 Å². The van der Waals surface area contributed by atoms with Gasteiger partial charge in [0, 0.05) is 23.2 Å². The molecule has 0 radical (unpaired) electrons. The molecule has 5 heteroatoms. The quantitative estimate of drug-likeness (QED) is 0.832. The molecule has 19 heavy (non-hydrogen) atoms. The van der Waals surface area contributed by atoms with Crippen LogP contribution in [-0.2, 0) is 6.42 Å². The summed E-state index contributed by atoms with van der Waals surface area (Å²) in [5.74, 6) is 3.63. The van der Waals surface area contributed by atoms with E-state index >= 15 is 0 Å². The first-order chi connectivity index (χ1) is 9.31. The van der Waals surface area contributed by atoms with Crippen molar-refractivity contribution in [3.8, 4) is 0 Å². The van der Waals surface area contributed by atoms with Gasteiger partial charge in [0.05, 0.1) is 11.0 Å². The van der Waals surface area contributed by atoms with Gasteiger partial charge in [-0.15, -0.1) is 0 Å². The lowest BCUT2D eigenvalue weighted by Crippen LogP contribution is -2.29. The van der Waals surface area contributed by atoms with Crippen molar-refractivity contribution in [3.05, 3.63) is 29.0 Å². The molecule has 1 saturated heterocycles. The second kappa shape index (κ2) is 6.16. The lowest BCUT2D eigenvalue weighted by atomic mass is 10.2. The summed E-state index contributed by atoms with van der Waals surface area (Å²) >= 11 is 8.02. The number of hydrogen-bond donors (Lipinski definition) is 2. The molecule has 0 saturated carbocycles. The van der Waals surface area contributed by atoms with E-state index in [9.17, 15) is 0 Å². The monoisotopic (exact) mass is 295 g/mol. The third-order valence-electron chi connectivity index (χ3n) is 3.45. The minimum absolute atomic E-state index is 0.722. The van der Waals surface area contributed by atoms with Crippen molar-refractivity contribution in [2.45, 2.75) is 25.3 Å². The molecule has 3 rings (SSSR count). The van der Waals surface area contributed by atoms with Crippen LogP contribution in [0.15, 0.2) is 18.2 Å². The number of fused-ring (bicyclic) bond motifs is 1. The van der Waals surface area contributed by atoms with Gasteiger partial charge in [0.1, 0.15) is 5.82 Å². The van der Waals surface area contributed by atoms with Crippen LogP contribution >= 0.6 is 23.4 Å². The van der Waals surface area contributed by atoms with Gasteiger partial charge < -0.3 is 10.3 Å². The van der Waals surface area contributed by atoms with E-state index in [1.54, 1.807) is 0 Å². The van der Waals surface area contributed by atoms with Crippen LogP contribution in [0.1, 0.15) is 18.7 Å². The number of hydrogen-bond acceptors (Lipinski definition) is 3. The summed E-state index contributed by atoms with van der Waals surface area (Å²) in [5, 5.41) is 4.36. The van der Waals surface area contributed by atoms with Gasteiger partial charge in [-0.1, -0.05) is 11.6 Å². The van der Waals surface area contributed by atoms with Crippen molar-refractivity contribution < 1.29 is 0 Å². The van der Waals surface area contributed by atoms with Crippen LogP contribution in [0.2, 0.25) is 5.02 Å². The number of aromatic amines is 1. The Morgan fingerprint density at radius 1 is 1.47 bits per heavy atom. The van der Waals surface area contributed by atoms with E-state index in [1.165, 1.54) is 17.9 Å². The van der Waals surface area contributed by atoms with Crippen molar-refractivity contribution in [1.29, 1.82) is 0 Å². The molecule has 3 nitrogen and oxygen atoms in total. The SMILES string of the molecule is Clc1ccc2nc(CCCN[C@H]3CCSC3)[nH]c2c1. The third-order valence-corrected chi connectivity index (χ3v) is 4.84. The zero-order valence-electron chi connectivity index (χ0n) is 10.8. The molecule has 1 aromatic heterocycles. The van der Waals surface area contributed by atoms with Gasteiger partial charge in [-0.3, -0.25) is 0 Å². The number of nitrogens with zero attached hydrogens (tertiary/aromatic N) is 1. The van der Waals surface area contributed by atoms with Gasteiger partial charge in [0.25, 0.3) is 0 Å². The second-order valence-corrected chi connectivity index (χ2v) is 6.55. The molecular formula is C14H18ClN3S. The Morgan fingerprint density at radius 2 is 2.42 bits per heavy atom. The fourth-order valence-electron chi connectivity index (χ4n) is 2.41. The van der Waals surface area contributed by atoms with E-state index in [1.807, 2.05) is 30.0 Å². The Labute approximate surface area is 122 Å². The highest BCUT2D eigenvalue weighted by atomic mass is 35.5. The minimum Gasteiger partial charge on any atom is -0.342 e. The van der Waals surface area contributed by atoms with Gasteiger partial charge in [-0.25, -0.2) is 4.98 Å². The van der Waals surface area contributed by atoms with Crippen molar-refractivity contribution in [3.63, 3.8) is 0 Å². The van der Waals surface area contributed by atoms with Crippen molar-refractivity contribution in [2.24, 2.45) is 0 Å². The Kier molecular flexibility index (Phi) is 4.31. The van der Waals surface area contributed by atoms with Crippen LogP contribution in [0.25, 0.3) is 11.0 Å². The Balaban J connectivity index is 1.50. The maximum Gasteiger partial charge on any atom is 0.107 e. The fourth-order valence-corrected chi connectivity index (χ4v) is 3.77. The van der Waals surface area contributed by atoms with Gasteiger partial charge in [-0.05, 0) is 43.3 Å². The topological polar surface area (TPSA) is 40.7 Å². The maximum absolute atomic E-state index is 5.97. The third kappa shape index (κ3) is 3.44. The molecule has 0 unspecified atom stereocenters. The summed E-state index contributed by atoms with van der Waals surface area (Å²) < 4.78 is 0. The van der Waals surface area contributed by atoms with E-state index in [0.29, 0.717) is 0 Å². The van der Waals surface area contributed by atoms with E-state index in [4.69, 9.17) is 11.6 Å². The number of halogens is 1. The largest absolute Gasteiger partial charge is 0.342 e. The van der Waals surface area contributed by atoms with Gasteiger partial charge in [-0.2, -0.15) is 11.8 Å². The van der Waals surface area contributed by atoms with Crippen LogP contribution in [0, 0.1) is 0 Å². The van der Waals surface area contributed by atoms with Crippen molar-refractivity contribution >= 4 is 34.4 Å². The van der Waals surface area contributed by atoms with E-state index in [2.05, 4.69) is 15.3 Å². The van der Waals surface area contributed by atoms with E-state index in [-0.39, 0.29) is 0 Å². The number of rotatable bonds is 5. The molecule has 1 aliphatic rings. The molecule has 0 spiro atoms. The average molecular weight is 296 g/mol. The van der Waals surface area contributed by atoms with Gasteiger partial charge in [0.2, 0.25) is 0 Å². The molecule has 1 atom stereocenters. The predicted octanol–water partition coefficient (Wildman–Crippen LogP) is 3.24. The number of aromatic nitrogens is 2. The Bertz CT molecular complexity index is 549. The number of aryl methyl sites for hydroxylation is 1. The molecule has 0 amide bonds. The first-order valence-electron chi connectivity index (χ1n) is 6.76. The van der Waals surface area contributed by atoms with Crippen molar-refractivity contribution in [2.75, 3.05) is 18.1 Å². The molecule has 1 aliphatic heterocycles. The lowest BCUT2D eigenvalue weighted by Gasteiger charge is -2.09. The highest BCUT2D eigenvalue weighted by Gasteiger charge is 2.13. The standard InChI is InChI=1S/C14H18ClN3S/c15-10-3-4-12-13(8-10)18-14(17-12)2-1-6-16-11-5-7-19-9-11/h3-4,8,11,16H,1-2,5-7,9H2,(H,17,18)/t11-/m0/s1. The zero-order chi connectivity index (χ0) is 13.1. The summed E-state index contributed by atoms with van der Waals surface area (Å²) in [6.07, 6.45) is 3.42. The molecule has 102 valence electrons. The highest BCUT2D eigenvalue weighted by Crippen LogP contribution is 2.18. The van der Waals surface area contributed by atoms with Gasteiger partial charge in [0.15, 0.2) is 0 Å². The maximum atomic E-state index is 5.97. The summed E-state index contributed by atoms with van der Waals surface area (Å²) in [7, 11) is 0. The summed E-state index contributed by atoms with van der Waals surface area (Å²) in [5.41, 5.74) is 2.03. The molecular weight excluding hydrogens is 278 g/mol. The predicted molar refractivity (Wildman–Crippen MR) is 83.2 cm³/mol. The zero-order valence-corrected chi connectivity index (χ0v) is 12.4. The smallest absolute Gasteiger partial charge is 0.107 e. The molecule has 0 aliphatic carbocycles. The molecule has 2 heterocycles. The normalized spacial score (nSPS) is 19.3. The average Bonchev–Trinajstić information content (AvgIpc) is 3.02. The van der Waals surface area contributed by atoms with Crippen LogP contribution in [0.3, 0.4) is 0 Å². The number of thioether (sulfide) groups is 1. The fraction of sp³-hybridized carbons (Fsp3) is 0.500. The Morgan fingerprint density at radius 3 is 3.26 bits per heavy atom. The molecule has 0 bridgehead atoms. The second-order valence-electron chi connectivity index (χ2n) is 4.96. The first-order valence-corrected chi connectivity index (χ1v) is 8.30.